The molecule has 86 valence electrons. The molecule has 0 unspecified atom stereocenters. The van der Waals surface area contributed by atoms with E-state index in [1.54, 1.807) is 18.6 Å². The fraction of sp³-hybridized carbons (Fsp3) is 0.100. The molecule has 3 aromatic heterocycles. The maximum absolute atomic E-state index is 4.34. The summed E-state index contributed by atoms with van der Waals surface area (Å²) in [5, 5.41) is 13.0. The molecule has 0 aromatic carbocycles. The molecule has 0 N–H and O–H groups in total. The van der Waals surface area contributed by atoms with Crippen molar-refractivity contribution in [2.24, 2.45) is 0 Å². The number of aromatic nitrogens is 6. The molecule has 0 atom stereocenters. The van der Waals surface area contributed by atoms with Gasteiger partial charge in [0, 0.05) is 0 Å². The van der Waals surface area contributed by atoms with Crippen LogP contribution in [0.4, 0.5) is 0 Å². The quantitative estimate of drug-likeness (QED) is 0.599. The van der Waals surface area contributed by atoms with Crippen LogP contribution >= 0.6 is 0 Å². The first kappa shape index (κ1) is 10.3. The summed E-state index contributed by atoms with van der Waals surface area (Å²) < 4.78 is 5.26. The van der Waals surface area contributed by atoms with Crippen LogP contribution < -0.4 is 0 Å². The Morgan fingerprint density at radius 1 is 0.706 bits per heavy atom. The topological polar surface area (TPSA) is 53.5 Å². The molecule has 3 aromatic rings. The molecule has 7 heteroatoms. The van der Waals surface area contributed by atoms with Crippen molar-refractivity contribution >= 4 is 16.5 Å². The Kier molecular flexibility index (Phi) is 2.36. The van der Waals surface area contributed by atoms with Gasteiger partial charge in [0.1, 0.15) is 0 Å². The number of hydrogen-bond acceptors (Lipinski definition) is 3. The van der Waals surface area contributed by atoms with E-state index in [1.165, 1.54) is 0 Å². The number of rotatable bonds is 3. The first-order valence-corrected chi connectivity index (χ1v) is 7.42. The summed E-state index contributed by atoms with van der Waals surface area (Å²) in [4.78, 5) is 0. The van der Waals surface area contributed by atoms with Gasteiger partial charge in [-0.05, 0) is 0 Å². The van der Waals surface area contributed by atoms with Gasteiger partial charge < -0.3 is 0 Å². The second kappa shape index (κ2) is 3.88. The van der Waals surface area contributed by atoms with Crippen LogP contribution in [0.25, 0.3) is 0 Å². The Morgan fingerprint density at radius 2 is 1.06 bits per heavy atom. The van der Waals surface area contributed by atoms with Crippen molar-refractivity contribution in [2.45, 2.75) is 4.62 Å². The van der Waals surface area contributed by atoms with Crippen molar-refractivity contribution in [2.75, 3.05) is 0 Å². The molecule has 6 nitrogen and oxygen atoms in total. The Morgan fingerprint density at radius 3 is 1.29 bits per heavy atom. The monoisotopic (exact) mass is 290 g/mol. The molecule has 0 saturated carbocycles. The molecule has 0 spiro atoms. The zero-order valence-electron chi connectivity index (χ0n) is 9.38. The van der Waals surface area contributed by atoms with Crippen molar-refractivity contribution in [3.05, 3.63) is 55.4 Å². The predicted octanol–water partition coefficient (Wildman–Crippen LogP) is -0.694. The second-order valence-electron chi connectivity index (χ2n) is 3.82. The number of nitrogens with zero attached hydrogens (tertiary/aromatic N) is 6. The summed E-state index contributed by atoms with van der Waals surface area (Å²) in [6.45, 7) is 0. The minimum atomic E-state index is -0.427. The molecule has 0 radical (unpaired) electrons. The van der Waals surface area contributed by atoms with Gasteiger partial charge in [-0.15, -0.1) is 0 Å². The van der Waals surface area contributed by atoms with E-state index in [2.05, 4.69) is 15.3 Å². The van der Waals surface area contributed by atoms with Gasteiger partial charge in [-0.1, -0.05) is 0 Å². The average Bonchev–Trinajstić information content (AvgIpc) is 3.10. The van der Waals surface area contributed by atoms with Gasteiger partial charge in [0.15, 0.2) is 0 Å². The zero-order valence-corrected chi connectivity index (χ0v) is 13.6. The van der Waals surface area contributed by atoms with E-state index in [-0.39, 0.29) is 0 Å². The molecule has 17 heavy (non-hydrogen) atoms. The third kappa shape index (κ3) is 1.52. The average molecular weight is 289 g/mol. The van der Waals surface area contributed by atoms with Crippen LogP contribution in [-0.4, -0.2) is 45.9 Å². The number of hydrogen-bond donors (Lipinski definition) is 0. The van der Waals surface area contributed by atoms with E-state index in [9.17, 15) is 0 Å². The standard InChI is InChI=1S/C10H12GeN6/c11-10(15-7-1-4-12-15,16-8-2-5-13-16)17-9-3-6-14-17/h1-9H,11H3. The van der Waals surface area contributed by atoms with E-state index in [1.807, 2.05) is 50.8 Å². The molecule has 3 heterocycles. The van der Waals surface area contributed by atoms with Crippen molar-refractivity contribution in [3.63, 3.8) is 0 Å². The fourth-order valence-corrected chi connectivity index (χ4v) is 3.54. The van der Waals surface area contributed by atoms with Crippen molar-refractivity contribution in [1.82, 2.24) is 29.3 Å². The summed E-state index contributed by atoms with van der Waals surface area (Å²) in [5.74, 6) is 0. The normalized spacial score (nSPS) is 12.0. The Hall–Kier alpha value is -1.83. The van der Waals surface area contributed by atoms with E-state index in [4.69, 9.17) is 0 Å². The first-order valence-electron chi connectivity index (χ1n) is 5.32. The third-order valence-electron chi connectivity index (χ3n) is 2.82. The van der Waals surface area contributed by atoms with Crippen molar-refractivity contribution in [3.8, 4) is 0 Å². The molecule has 0 aliphatic carbocycles. The van der Waals surface area contributed by atoms with Crippen LogP contribution in [-0.2, 0) is 4.62 Å². The molecular formula is C10H12GeN6. The van der Waals surface area contributed by atoms with E-state index < -0.39 is 4.62 Å². The van der Waals surface area contributed by atoms with Crippen LogP contribution in [0.2, 0.25) is 0 Å². The minimum absolute atomic E-state index is 0.351. The van der Waals surface area contributed by atoms with Crippen LogP contribution in [0.5, 0.6) is 0 Å². The predicted molar refractivity (Wildman–Crippen MR) is 65.4 cm³/mol. The van der Waals surface area contributed by atoms with Gasteiger partial charge in [-0.3, -0.25) is 0 Å². The Bertz CT molecular complexity index is 484. The van der Waals surface area contributed by atoms with Gasteiger partial charge in [0.2, 0.25) is 0 Å². The SMILES string of the molecule is [GeH3][C](n1cccn1)(n1cccn1)n1cccn1. The molecule has 3 rings (SSSR count). The molecule has 0 aliphatic heterocycles. The van der Waals surface area contributed by atoms with E-state index in [0.29, 0.717) is 16.5 Å². The summed E-state index contributed by atoms with van der Waals surface area (Å²) in [5.41, 5.74) is 0. The Balaban J connectivity index is 2.21. The summed E-state index contributed by atoms with van der Waals surface area (Å²) >= 11 is 0.351. The molecule has 0 saturated heterocycles. The molecule has 0 aliphatic rings. The van der Waals surface area contributed by atoms with Crippen LogP contribution in [0.15, 0.2) is 55.4 Å². The maximum atomic E-state index is 4.34. The van der Waals surface area contributed by atoms with Crippen LogP contribution in [0.3, 0.4) is 0 Å². The van der Waals surface area contributed by atoms with Crippen LogP contribution in [0.1, 0.15) is 0 Å². The van der Waals surface area contributed by atoms with Crippen LogP contribution in [0, 0.1) is 0 Å². The van der Waals surface area contributed by atoms with Crippen molar-refractivity contribution < 1.29 is 0 Å². The Labute approximate surface area is 106 Å². The van der Waals surface area contributed by atoms with Crippen molar-refractivity contribution in [1.29, 1.82) is 0 Å². The summed E-state index contributed by atoms with van der Waals surface area (Å²) in [7, 11) is 0. The summed E-state index contributed by atoms with van der Waals surface area (Å²) in [6, 6.07) is 5.73. The molecule has 0 fully saturated rings. The van der Waals surface area contributed by atoms with Gasteiger partial charge in [-0.2, -0.15) is 0 Å². The molecule has 0 bridgehead atoms. The third-order valence-corrected chi connectivity index (χ3v) is 5.70. The van der Waals surface area contributed by atoms with Gasteiger partial charge in [-0.25, -0.2) is 0 Å². The first-order chi connectivity index (χ1) is 8.32. The summed E-state index contributed by atoms with van der Waals surface area (Å²) in [6.07, 6.45) is 11.1. The molecular weight excluding hydrogens is 277 g/mol. The van der Waals surface area contributed by atoms with Gasteiger partial charge in [0.05, 0.1) is 0 Å². The van der Waals surface area contributed by atoms with Gasteiger partial charge >= 0.3 is 106 Å². The zero-order chi connectivity index (χ0) is 11.7. The second-order valence-corrected chi connectivity index (χ2v) is 6.64. The van der Waals surface area contributed by atoms with E-state index in [0.717, 1.165) is 0 Å². The van der Waals surface area contributed by atoms with Gasteiger partial charge in [0.25, 0.3) is 0 Å². The molecule has 0 amide bonds. The van der Waals surface area contributed by atoms with E-state index >= 15 is 0 Å². The fourth-order valence-electron chi connectivity index (χ4n) is 1.87.